The molecule has 0 radical (unpaired) electrons. The third-order valence-corrected chi connectivity index (χ3v) is 2.80. The first-order chi connectivity index (χ1) is 8.24. The van der Waals surface area contributed by atoms with Crippen molar-refractivity contribution >= 4 is 23.3 Å². The number of imidazole rings is 1. The number of aromatic nitrogens is 4. The lowest BCUT2D eigenvalue weighted by Gasteiger charge is -2.02. The fraction of sp³-hybridized carbons (Fsp3) is 0.182. The molecule has 0 aliphatic rings. The van der Waals surface area contributed by atoms with Crippen molar-refractivity contribution in [3.05, 3.63) is 40.8 Å². The van der Waals surface area contributed by atoms with Crippen LogP contribution >= 0.6 is 12.2 Å². The Hall–Kier alpha value is -1.95. The molecule has 86 valence electrons. The first kappa shape index (κ1) is 10.2. The van der Waals surface area contributed by atoms with E-state index in [1.807, 2.05) is 35.8 Å². The van der Waals surface area contributed by atoms with Crippen LogP contribution in [0.1, 0.15) is 11.7 Å². The maximum Gasteiger partial charge on any atom is 0.284 e. The summed E-state index contributed by atoms with van der Waals surface area (Å²) in [5.74, 6) is 1.48. The van der Waals surface area contributed by atoms with E-state index in [1.165, 1.54) is 0 Å². The van der Waals surface area contributed by atoms with Crippen molar-refractivity contribution in [2.75, 3.05) is 0 Å². The van der Waals surface area contributed by atoms with Gasteiger partial charge in [0.1, 0.15) is 12.4 Å². The van der Waals surface area contributed by atoms with Gasteiger partial charge in [-0.15, -0.1) is 5.10 Å². The molecule has 0 fully saturated rings. The number of benzene rings is 1. The SMILES string of the molecule is Cc1nc2ccccc2n1Cc1n[nH]c(=S)o1. The average Bonchev–Trinajstić information content (AvgIpc) is 2.85. The molecule has 2 aromatic heterocycles. The maximum absolute atomic E-state index is 5.26. The van der Waals surface area contributed by atoms with Crippen molar-refractivity contribution in [2.45, 2.75) is 13.5 Å². The molecule has 0 bridgehead atoms. The van der Waals surface area contributed by atoms with E-state index >= 15 is 0 Å². The van der Waals surface area contributed by atoms with Gasteiger partial charge in [-0.1, -0.05) is 12.1 Å². The van der Waals surface area contributed by atoms with Gasteiger partial charge in [0.25, 0.3) is 4.84 Å². The summed E-state index contributed by atoms with van der Waals surface area (Å²) in [5.41, 5.74) is 2.04. The highest BCUT2D eigenvalue weighted by Crippen LogP contribution is 2.16. The Labute approximate surface area is 102 Å². The zero-order valence-corrected chi connectivity index (χ0v) is 9.99. The second kappa shape index (κ2) is 3.81. The third kappa shape index (κ3) is 1.76. The van der Waals surface area contributed by atoms with Crippen molar-refractivity contribution in [1.82, 2.24) is 19.7 Å². The van der Waals surface area contributed by atoms with Crippen LogP contribution in [-0.2, 0) is 6.54 Å². The molecule has 0 amide bonds. The average molecular weight is 246 g/mol. The Morgan fingerprint density at radius 2 is 2.24 bits per heavy atom. The lowest BCUT2D eigenvalue weighted by Crippen LogP contribution is -2.02. The standard InChI is InChI=1S/C11H10N4OS/c1-7-12-8-4-2-3-5-9(8)15(7)6-10-13-14-11(17)16-10/h2-5H,6H2,1H3,(H,14,17). The van der Waals surface area contributed by atoms with Gasteiger partial charge in [0.15, 0.2) is 0 Å². The van der Waals surface area contributed by atoms with Crippen LogP contribution in [0.5, 0.6) is 0 Å². The first-order valence-electron chi connectivity index (χ1n) is 5.20. The molecule has 3 rings (SSSR count). The summed E-state index contributed by atoms with van der Waals surface area (Å²) in [6.45, 7) is 2.49. The second-order valence-corrected chi connectivity index (χ2v) is 4.11. The minimum atomic E-state index is 0.294. The van der Waals surface area contributed by atoms with Gasteiger partial charge in [-0.05, 0) is 31.3 Å². The number of aryl methyl sites for hydroxylation is 1. The molecule has 3 aromatic rings. The van der Waals surface area contributed by atoms with Crippen molar-refractivity contribution in [3.63, 3.8) is 0 Å². The molecule has 5 nitrogen and oxygen atoms in total. The Morgan fingerprint density at radius 1 is 1.41 bits per heavy atom. The van der Waals surface area contributed by atoms with Gasteiger partial charge in [-0.3, -0.25) is 0 Å². The Bertz CT molecular complexity index is 724. The summed E-state index contributed by atoms with van der Waals surface area (Å²) in [6, 6.07) is 7.97. The summed E-state index contributed by atoms with van der Waals surface area (Å²) in [4.78, 5) is 4.77. The van der Waals surface area contributed by atoms with E-state index in [-0.39, 0.29) is 0 Å². The highest BCUT2D eigenvalue weighted by atomic mass is 32.1. The smallest absolute Gasteiger partial charge is 0.284 e. The first-order valence-corrected chi connectivity index (χ1v) is 5.61. The van der Waals surface area contributed by atoms with Crippen LogP contribution in [0.3, 0.4) is 0 Å². The Kier molecular flexibility index (Phi) is 2.29. The third-order valence-electron chi connectivity index (χ3n) is 2.62. The zero-order valence-electron chi connectivity index (χ0n) is 9.17. The monoisotopic (exact) mass is 246 g/mol. The predicted octanol–water partition coefficient (Wildman–Crippen LogP) is 2.44. The van der Waals surface area contributed by atoms with Crippen molar-refractivity contribution in [2.24, 2.45) is 0 Å². The summed E-state index contributed by atoms with van der Waals surface area (Å²) in [7, 11) is 0. The lowest BCUT2D eigenvalue weighted by atomic mass is 10.3. The minimum Gasteiger partial charge on any atom is -0.412 e. The molecule has 0 aliphatic carbocycles. The van der Waals surface area contributed by atoms with E-state index in [1.54, 1.807) is 0 Å². The fourth-order valence-corrected chi connectivity index (χ4v) is 2.00. The molecule has 1 N–H and O–H groups in total. The van der Waals surface area contributed by atoms with E-state index < -0.39 is 0 Å². The van der Waals surface area contributed by atoms with Crippen LogP contribution < -0.4 is 0 Å². The summed E-state index contributed by atoms with van der Waals surface area (Å²) in [6.07, 6.45) is 0. The van der Waals surface area contributed by atoms with Crippen LogP contribution in [-0.4, -0.2) is 19.7 Å². The molecule has 2 heterocycles. The Morgan fingerprint density at radius 3 is 3.00 bits per heavy atom. The molecule has 0 spiro atoms. The largest absolute Gasteiger partial charge is 0.412 e. The van der Waals surface area contributed by atoms with Crippen LogP contribution in [0.15, 0.2) is 28.7 Å². The van der Waals surface area contributed by atoms with Crippen LogP contribution in [0.25, 0.3) is 11.0 Å². The van der Waals surface area contributed by atoms with Gasteiger partial charge in [-0.25, -0.2) is 10.1 Å². The molecule has 0 saturated heterocycles. The molecule has 0 atom stereocenters. The molecular weight excluding hydrogens is 236 g/mol. The highest BCUT2D eigenvalue weighted by Gasteiger charge is 2.09. The topological polar surface area (TPSA) is 59.6 Å². The normalized spacial score (nSPS) is 11.1. The van der Waals surface area contributed by atoms with E-state index in [0.29, 0.717) is 17.3 Å². The molecule has 0 saturated carbocycles. The number of para-hydroxylation sites is 2. The summed E-state index contributed by atoms with van der Waals surface area (Å²) >= 11 is 4.85. The number of aromatic amines is 1. The second-order valence-electron chi connectivity index (χ2n) is 3.74. The van der Waals surface area contributed by atoms with Crippen molar-refractivity contribution in [3.8, 4) is 0 Å². The molecule has 17 heavy (non-hydrogen) atoms. The number of fused-ring (bicyclic) bond motifs is 1. The summed E-state index contributed by atoms with van der Waals surface area (Å²) < 4.78 is 7.31. The predicted molar refractivity (Wildman–Crippen MR) is 65.3 cm³/mol. The molecule has 6 heteroatoms. The Balaban J connectivity index is 2.10. The highest BCUT2D eigenvalue weighted by molar-refractivity contribution is 7.71. The van der Waals surface area contributed by atoms with Gasteiger partial charge in [0.2, 0.25) is 5.89 Å². The van der Waals surface area contributed by atoms with E-state index in [0.717, 1.165) is 16.9 Å². The van der Waals surface area contributed by atoms with Crippen LogP contribution in [0.2, 0.25) is 0 Å². The van der Waals surface area contributed by atoms with Gasteiger partial charge in [-0.2, -0.15) is 0 Å². The molecule has 1 aromatic carbocycles. The number of nitrogens with zero attached hydrogens (tertiary/aromatic N) is 3. The fourth-order valence-electron chi connectivity index (χ4n) is 1.86. The quantitative estimate of drug-likeness (QED) is 0.705. The van der Waals surface area contributed by atoms with E-state index in [9.17, 15) is 0 Å². The molecule has 0 aliphatic heterocycles. The lowest BCUT2D eigenvalue weighted by molar-refractivity contribution is 0.466. The number of hydrogen-bond donors (Lipinski definition) is 1. The number of rotatable bonds is 2. The van der Waals surface area contributed by atoms with Crippen LogP contribution in [0, 0.1) is 11.8 Å². The maximum atomic E-state index is 5.26. The number of hydrogen-bond acceptors (Lipinski definition) is 4. The van der Waals surface area contributed by atoms with E-state index in [4.69, 9.17) is 16.6 Å². The van der Waals surface area contributed by atoms with Gasteiger partial charge in [0, 0.05) is 0 Å². The van der Waals surface area contributed by atoms with Crippen molar-refractivity contribution < 1.29 is 4.42 Å². The number of H-pyrrole nitrogens is 1. The molecular formula is C11H10N4OS. The minimum absolute atomic E-state index is 0.294. The summed E-state index contributed by atoms with van der Waals surface area (Å²) in [5, 5.41) is 6.61. The van der Waals surface area contributed by atoms with Gasteiger partial charge >= 0.3 is 0 Å². The van der Waals surface area contributed by atoms with Gasteiger partial charge < -0.3 is 8.98 Å². The van der Waals surface area contributed by atoms with Gasteiger partial charge in [0.05, 0.1) is 11.0 Å². The molecule has 0 unspecified atom stereocenters. The zero-order chi connectivity index (χ0) is 11.8. The van der Waals surface area contributed by atoms with E-state index in [2.05, 4.69) is 15.2 Å². The van der Waals surface area contributed by atoms with Crippen molar-refractivity contribution in [1.29, 1.82) is 0 Å². The number of nitrogens with one attached hydrogen (secondary N) is 1. The van der Waals surface area contributed by atoms with Crippen LogP contribution in [0.4, 0.5) is 0 Å².